The van der Waals surface area contributed by atoms with Crippen LogP contribution in [0.1, 0.15) is 20.7 Å². The van der Waals surface area contributed by atoms with Crippen LogP contribution in [0.25, 0.3) is 22.2 Å². The van der Waals surface area contributed by atoms with Crippen LogP contribution in [0.5, 0.6) is 0 Å². The van der Waals surface area contributed by atoms with Crippen molar-refractivity contribution in [3.63, 3.8) is 0 Å². The van der Waals surface area contributed by atoms with Gasteiger partial charge in [-0.2, -0.15) is 0 Å². The number of aromatic nitrogens is 1. The van der Waals surface area contributed by atoms with Gasteiger partial charge >= 0.3 is 11.9 Å². The topological polar surface area (TPSA) is 76.5 Å². The summed E-state index contributed by atoms with van der Waals surface area (Å²) in [6.07, 6.45) is 0. The number of fused-ring (bicyclic) bond motifs is 1. The van der Waals surface area contributed by atoms with E-state index in [-0.39, 0.29) is 11.1 Å². The first-order valence-electron chi connectivity index (χ1n) is 6.92. The summed E-state index contributed by atoms with van der Waals surface area (Å²) in [4.78, 5) is 27.7. The molecule has 3 aromatic rings. The number of pyridine rings is 1. The van der Waals surface area contributed by atoms with Crippen LogP contribution in [0.3, 0.4) is 0 Å². The van der Waals surface area contributed by atoms with Gasteiger partial charge < -0.3 is 9.84 Å². The van der Waals surface area contributed by atoms with Gasteiger partial charge in [0.05, 0.1) is 29.4 Å². The van der Waals surface area contributed by atoms with Crippen molar-refractivity contribution in [3.8, 4) is 11.3 Å². The minimum absolute atomic E-state index is 0.0969. The van der Waals surface area contributed by atoms with E-state index < -0.39 is 11.9 Å². The van der Waals surface area contributed by atoms with Crippen molar-refractivity contribution in [2.24, 2.45) is 0 Å². The fraction of sp³-hybridized carbons (Fsp3) is 0.0556. The monoisotopic (exact) mass is 307 g/mol. The van der Waals surface area contributed by atoms with Gasteiger partial charge in [0.15, 0.2) is 0 Å². The van der Waals surface area contributed by atoms with Crippen molar-refractivity contribution >= 4 is 22.8 Å². The first-order chi connectivity index (χ1) is 11.1. The van der Waals surface area contributed by atoms with E-state index in [0.717, 1.165) is 5.56 Å². The first kappa shape index (κ1) is 14.7. The van der Waals surface area contributed by atoms with E-state index in [0.29, 0.717) is 16.6 Å². The molecular weight excluding hydrogens is 294 g/mol. The summed E-state index contributed by atoms with van der Waals surface area (Å²) in [5.74, 6) is -1.59. The molecule has 0 unspecified atom stereocenters. The predicted molar refractivity (Wildman–Crippen MR) is 85.5 cm³/mol. The first-order valence-corrected chi connectivity index (χ1v) is 6.92. The molecule has 0 fully saturated rings. The van der Waals surface area contributed by atoms with Crippen molar-refractivity contribution in [3.05, 3.63) is 65.7 Å². The van der Waals surface area contributed by atoms with Crippen LogP contribution in [0, 0.1) is 0 Å². The summed E-state index contributed by atoms with van der Waals surface area (Å²) >= 11 is 0. The zero-order chi connectivity index (χ0) is 16.4. The van der Waals surface area contributed by atoms with Crippen LogP contribution in [0.4, 0.5) is 0 Å². The molecule has 0 amide bonds. The maximum Gasteiger partial charge on any atom is 0.337 e. The highest BCUT2D eigenvalue weighted by Gasteiger charge is 2.15. The molecule has 0 bridgehead atoms. The standard InChI is InChI=1S/C18H13NO4/c1-23-18(22)12-7-8-15-13(9-12)14(17(20)21)10-16(19-15)11-5-3-2-4-6-11/h2-10H,1H3,(H,20,21). The highest BCUT2D eigenvalue weighted by Crippen LogP contribution is 2.26. The molecule has 0 aliphatic heterocycles. The van der Waals surface area contributed by atoms with Crippen LogP contribution >= 0.6 is 0 Å². The van der Waals surface area contributed by atoms with Crippen molar-refractivity contribution < 1.29 is 19.4 Å². The molecule has 114 valence electrons. The molecule has 0 radical (unpaired) electrons. The van der Waals surface area contributed by atoms with Gasteiger partial charge in [-0.05, 0) is 24.3 Å². The van der Waals surface area contributed by atoms with Crippen molar-refractivity contribution in [1.29, 1.82) is 0 Å². The van der Waals surface area contributed by atoms with Crippen LogP contribution in [-0.4, -0.2) is 29.1 Å². The van der Waals surface area contributed by atoms with E-state index in [1.165, 1.54) is 19.2 Å². The van der Waals surface area contributed by atoms with Crippen molar-refractivity contribution in [2.75, 3.05) is 7.11 Å². The predicted octanol–water partition coefficient (Wildman–Crippen LogP) is 3.39. The zero-order valence-corrected chi connectivity index (χ0v) is 12.3. The number of carboxylic acid groups (broad SMARTS) is 1. The number of methoxy groups -OCH3 is 1. The third kappa shape index (κ3) is 2.76. The molecule has 2 aromatic carbocycles. The Morgan fingerprint density at radius 2 is 1.78 bits per heavy atom. The van der Waals surface area contributed by atoms with Gasteiger partial charge in [0.2, 0.25) is 0 Å². The average Bonchev–Trinajstić information content (AvgIpc) is 2.60. The number of ether oxygens (including phenoxy) is 1. The number of benzene rings is 2. The Hall–Kier alpha value is -3.21. The minimum atomic E-state index is -1.07. The normalized spacial score (nSPS) is 10.5. The van der Waals surface area contributed by atoms with Crippen LogP contribution in [0.2, 0.25) is 0 Å². The Kier molecular flexibility index (Phi) is 3.76. The number of aromatic carboxylic acids is 1. The Morgan fingerprint density at radius 3 is 2.43 bits per heavy atom. The van der Waals surface area contributed by atoms with Gasteiger partial charge in [0.25, 0.3) is 0 Å². The number of esters is 1. The lowest BCUT2D eigenvalue weighted by Crippen LogP contribution is -2.04. The molecule has 0 spiro atoms. The number of carboxylic acids is 1. The fourth-order valence-electron chi connectivity index (χ4n) is 2.40. The molecule has 1 N–H and O–H groups in total. The van der Waals surface area contributed by atoms with E-state index in [1.807, 2.05) is 30.3 Å². The highest BCUT2D eigenvalue weighted by atomic mass is 16.5. The number of hydrogen-bond acceptors (Lipinski definition) is 4. The smallest absolute Gasteiger partial charge is 0.337 e. The second kappa shape index (κ2) is 5.88. The summed E-state index contributed by atoms with van der Waals surface area (Å²) in [5.41, 5.74) is 2.29. The second-order valence-electron chi connectivity index (χ2n) is 4.95. The molecule has 3 rings (SSSR count). The number of hydrogen-bond donors (Lipinski definition) is 1. The second-order valence-corrected chi connectivity index (χ2v) is 4.95. The van der Waals surface area contributed by atoms with Crippen LogP contribution in [-0.2, 0) is 4.74 Å². The molecule has 0 atom stereocenters. The van der Waals surface area contributed by atoms with Gasteiger partial charge in [-0.25, -0.2) is 14.6 Å². The zero-order valence-electron chi connectivity index (χ0n) is 12.3. The van der Waals surface area contributed by atoms with E-state index in [9.17, 15) is 14.7 Å². The highest BCUT2D eigenvalue weighted by molar-refractivity contribution is 6.06. The molecular formula is C18H13NO4. The number of carbonyl (C=O) groups is 2. The van der Waals surface area contributed by atoms with Gasteiger partial charge in [-0.1, -0.05) is 30.3 Å². The van der Waals surface area contributed by atoms with Gasteiger partial charge in [-0.3, -0.25) is 0 Å². The minimum Gasteiger partial charge on any atom is -0.478 e. The fourth-order valence-corrected chi connectivity index (χ4v) is 2.40. The molecule has 5 heteroatoms. The summed E-state index contributed by atoms with van der Waals surface area (Å²) in [5, 5.41) is 9.90. The largest absolute Gasteiger partial charge is 0.478 e. The van der Waals surface area contributed by atoms with E-state index in [1.54, 1.807) is 12.1 Å². The number of carbonyl (C=O) groups excluding carboxylic acids is 1. The number of nitrogens with zero attached hydrogens (tertiary/aromatic N) is 1. The van der Waals surface area contributed by atoms with Crippen LogP contribution < -0.4 is 0 Å². The molecule has 5 nitrogen and oxygen atoms in total. The molecule has 0 aliphatic rings. The van der Waals surface area contributed by atoms with Crippen LogP contribution in [0.15, 0.2) is 54.6 Å². The summed E-state index contributed by atoms with van der Waals surface area (Å²) in [6, 6.07) is 15.5. The van der Waals surface area contributed by atoms with E-state index in [4.69, 9.17) is 0 Å². The Bertz CT molecular complexity index is 904. The third-order valence-corrected chi connectivity index (χ3v) is 3.53. The maximum absolute atomic E-state index is 11.6. The lowest BCUT2D eigenvalue weighted by atomic mass is 10.0. The quantitative estimate of drug-likeness (QED) is 0.751. The van der Waals surface area contributed by atoms with Gasteiger partial charge in [0, 0.05) is 10.9 Å². The summed E-state index contributed by atoms with van der Waals surface area (Å²) in [7, 11) is 1.28. The third-order valence-electron chi connectivity index (χ3n) is 3.53. The molecule has 1 aromatic heterocycles. The van der Waals surface area contributed by atoms with E-state index >= 15 is 0 Å². The van der Waals surface area contributed by atoms with Gasteiger partial charge in [0.1, 0.15) is 0 Å². The molecule has 0 saturated carbocycles. The van der Waals surface area contributed by atoms with Crippen molar-refractivity contribution in [1.82, 2.24) is 4.98 Å². The lowest BCUT2D eigenvalue weighted by molar-refractivity contribution is 0.0599. The maximum atomic E-state index is 11.6. The summed E-state index contributed by atoms with van der Waals surface area (Å²) < 4.78 is 4.67. The lowest BCUT2D eigenvalue weighted by Gasteiger charge is -2.08. The molecule has 23 heavy (non-hydrogen) atoms. The van der Waals surface area contributed by atoms with Gasteiger partial charge in [-0.15, -0.1) is 0 Å². The summed E-state index contributed by atoms with van der Waals surface area (Å²) in [6.45, 7) is 0. The van der Waals surface area contributed by atoms with Crippen molar-refractivity contribution in [2.45, 2.75) is 0 Å². The Balaban J connectivity index is 2.25. The average molecular weight is 307 g/mol. The molecule has 1 heterocycles. The SMILES string of the molecule is COC(=O)c1ccc2nc(-c3ccccc3)cc(C(=O)O)c2c1. The Morgan fingerprint density at radius 1 is 1.04 bits per heavy atom. The Labute approximate surface area is 132 Å². The number of rotatable bonds is 3. The van der Waals surface area contributed by atoms with E-state index in [2.05, 4.69) is 9.72 Å². The molecule has 0 aliphatic carbocycles. The molecule has 0 saturated heterocycles.